The zero-order valence-corrected chi connectivity index (χ0v) is 15.5. The highest BCUT2D eigenvalue weighted by molar-refractivity contribution is 7.80. The third-order valence-electron chi connectivity index (χ3n) is 4.70. The molecule has 25 heavy (non-hydrogen) atoms. The zero-order chi connectivity index (χ0) is 17.8. The first kappa shape index (κ1) is 17.9. The van der Waals surface area contributed by atoms with Gasteiger partial charge in [0, 0.05) is 5.71 Å². The van der Waals surface area contributed by atoms with E-state index in [1.165, 1.54) is 12.8 Å². The fourth-order valence-electron chi connectivity index (χ4n) is 3.51. The van der Waals surface area contributed by atoms with Gasteiger partial charge in [-0.3, -0.25) is 4.79 Å². The Hall–Kier alpha value is -1.95. The number of hydrogen-bond donors (Lipinski definition) is 1. The lowest BCUT2D eigenvalue weighted by Gasteiger charge is -2.31. The van der Waals surface area contributed by atoms with Crippen molar-refractivity contribution in [3.8, 4) is 5.75 Å². The number of benzene rings is 1. The summed E-state index contributed by atoms with van der Waals surface area (Å²) < 4.78 is 11.3. The predicted octanol–water partition coefficient (Wildman–Crippen LogP) is 3.58. The molecule has 2 aliphatic rings. The van der Waals surface area contributed by atoms with Gasteiger partial charge in [-0.25, -0.2) is 4.99 Å². The number of thiocarbonyl (C=S) groups is 1. The van der Waals surface area contributed by atoms with Crippen molar-refractivity contribution >= 4 is 29.0 Å². The van der Waals surface area contributed by atoms with Crippen LogP contribution in [0.5, 0.6) is 5.75 Å². The minimum atomic E-state index is -0.492. The molecule has 1 aliphatic heterocycles. The van der Waals surface area contributed by atoms with Crippen molar-refractivity contribution in [1.29, 1.82) is 0 Å². The van der Waals surface area contributed by atoms with Crippen LogP contribution in [0.3, 0.4) is 0 Å². The fraction of sp³-hybridized carbons (Fsp3) is 0.526. The zero-order valence-electron chi connectivity index (χ0n) is 14.7. The smallest absolute Gasteiger partial charge is 0.317 e. The van der Waals surface area contributed by atoms with E-state index in [9.17, 15) is 4.79 Å². The minimum absolute atomic E-state index is 0.286. The Morgan fingerprint density at radius 3 is 2.84 bits per heavy atom. The van der Waals surface area contributed by atoms with Gasteiger partial charge in [0.05, 0.1) is 18.8 Å². The summed E-state index contributed by atoms with van der Waals surface area (Å²) in [6.45, 7) is 3.96. The molecular weight excluding hydrogens is 336 g/mol. The topological polar surface area (TPSA) is 59.9 Å². The molecule has 0 amide bonds. The van der Waals surface area contributed by atoms with Gasteiger partial charge in [0.1, 0.15) is 11.7 Å². The SMILES string of the molecule is CCOC(=O)C1C(C)=NC(=S)NC1c1cccc(OC2CCCC2)c1. The Balaban J connectivity index is 1.85. The summed E-state index contributed by atoms with van der Waals surface area (Å²) in [6, 6.07) is 7.59. The van der Waals surface area contributed by atoms with Crippen LogP contribution in [0.15, 0.2) is 29.3 Å². The summed E-state index contributed by atoms with van der Waals surface area (Å²) in [5, 5.41) is 3.55. The molecule has 0 bridgehead atoms. The lowest BCUT2D eigenvalue weighted by molar-refractivity contribution is -0.146. The van der Waals surface area contributed by atoms with Crippen molar-refractivity contribution in [2.45, 2.75) is 51.7 Å². The Morgan fingerprint density at radius 1 is 1.36 bits per heavy atom. The Kier molecular flexibility index (Phi) is 5.68. The van der Waals surface area contributed by atoms with E-state index in [1.54, 1.807) is 6.92 Å². The molecule has 1 N–H and O–H groups in total. The molecule has 0 spiro atoms. The van der Waals surface area contributed by atoms with Gasteiger partial charge >= 0.3 is 5.97 Å². The largest absolute Gasteiger partial charge is 0.490 e. The number of nitrogens with zero attached hydrogens (tertiary/aromatic N) is 1. The lowest BCUT2D eigenvalue weighted by Crippen LogP contribution is -2.44. The van der Waals surface area contributed by atoms with Crippen LogP contribution >= 0.6 is 12.2 Å². The van der Waals surface area contributed by atoms with Gasteiger partial charge < -0.3 is 14.8 Å². The van der Waals surface area contributed by atoms with Crippen molar-refractivity contribution in [3.63, 3.8) is 0 Å². The van der Waals surface area contributed by atoms with E-state index < -0.39 is 5.92 Å². The molecule has 1 aromatic rings. The number of carbonyl (C=O) groups excluding carboxylic acids is 1. The minimum Gasteiger partial charge on any atom is -0.490 e. The molecule has 1 fully saturated rings. The molecule has 2 unspecified atom stereocenters. The fourth-order valence-corrected chi connectivity index (χ4v) is 3.78. The van der Waals surface area contributed by atoms with Crippen molar-refractivity contribution in [1.82, 2.24) is 5.32 Å². The molecule has 5 nitrogen and oxygen atoms in total. The van der Waals surface area contributed by atoms with Crippen LogP contribution < -0.4 is 10.1 Å². The second-order valence-corrected chi connectivity index (χ2v) is 6.89. The first-order valence-electron chi connectivity index (χ1n) is 8.87. The van der Waals surface area contributed by atoms with Gasteiger partial charge in [-0.1, -0.05) is 12.1 Å². The summed E-state index contributed by atoms with van der Waals surface area (Å²) in [5.41, 5.74) is 1.62. The maximum absolute atomic E-state index is 12.4. The molecule has 0 aromatic heterocycles. The van der Waals surface area contributed by atoms with Crippen LogP contribution in [0.1, 0.15) is 51.1 Å². The first-order chi connectivity index (χ1) is 12.1. The van der Waals surface area contributed by atoms with Crippen molar-refractivity contribution in [2.75, 3.05) is 6.61 Å². The first-order valence-corrected chi connectivity index (χ1v) is 9.28. The quantitative estimate of drug-likeness (QED) is 0.642. The Bertz CT molecular complexity index is 683. The molecule has 6 heteroatoms. The monoisotopic (exact) mass is 360 g/mol. The van der Waals surface area contributed by atoms with E-state index in [1.807, 2.05) is 31.2 Å². The van der Waals surface area contributed by atoms with Gasteiger partial charge in [-0.2, -0.15) is 0 Å². The summed E-state index contributed by atoms with van der Waals surface area (Å²) in [5.74, 6) is 0.0548. The molecule has 1 aromatic carbocycles. The van der Waals surface area contributed by atoms with E-state index in [0.717, 1.165) is 24.2 Å². The predicted molar refractivity (Wildman–Crippen MR) is 101 cm³/mol. The maximum atomic E-state index is 12.4. The number of carbonyl (C=O) groups is 1. The summed E-state index contributed by atoms with van der Waals surface area (Å²) in [7, 11) is 0. The van der Waals surface area contributed by atoms with Gasteiger partial charge in [-0.15, -0.1) is 0 Å². The molecule has 0 radical (unpaired) electrons. The lowest BCUT2D eigenvalue weighted by atomic mass is 9.88. The standard InChI is InChI=1S/C19H24N2O3S/c1-3-23-18(22)16-12(2)20-19(25)21-17(16)13-7-6-10-15(11-13)24-14-8-4-5-9-14/h6-7,10-11,14,16-17H,3-5,8-9H2,1-2H3,(H,21,25). The van der Waals surface area contributed by atoms with E-state index in [0.29, 0.717) is 23.5 Å². The van der Waals surface area contributed by atoms with Crippen LogP contribution in [0.2, 0.25) is 0 Å². The highest BCUT2D eigenvalue weighted by atomic mass is 32.1. The Morgan fingerprint density at radius 2 is 2.12 bits per heavy atom. The number of aliphatic imine (C=N–C) groups is 1. The highest BCUT2D eigenvalue weighted by Gasteiger charge is 2.37. The van der Waals surface area contributed by atoms with Crippen LogP contribution in [-0.4, -0.2) is 29.5 Å². The molecule has 2 atom stereocenters. The van der Waals surface area contributed by atoms with Crippen molar-refractivity contribution < 1.29 is 14.3 Å². The number of ether oxygens (including phenoxy) is 2. The molecular formula is C19H24N2O3S. The van der Waals surface area contributed by atoms with Gasteiger partial charge in [-0.05, 0) is 69.4 Å². The second kappa shape index (κ2) is 7.95. The summed E-state index contributed by atoms with van der Waals surface area (Å²) in [6.07, 6.45) is 4.95. The van der Waals surface area contributed by atoms with E-state index in [4.69, 9.17) is 21.7 Å². The van der Waals surface area contributed by atoms with E-state index in [2.05, 4.69) is 10.3 Å². The molecule has 1 saturated carbocycles. The second-order valence-electron chi connectivity index (χ2n) is 6.51. The van der Waals surface area contributed by atoms with Gasteiger partial charge in [0.25, 0.3) is 0 Å². The number of rotatable bonds is 5. The summed E-state index contributed by atoms with van der Waals surface area (Å²) in [4.78, 5) is 16.7. The molecule has 134 valence electrons. The van der Waals surface area contributed by atoms with E-state index >= 15 is 0 Å². The Labute approximate surface area is 153 Å². The number of esters is 1. The van der Waals surface area contributed by atoms with Gasteiger partial charge in [0.15, 0.2) is 5.11 Å². The van der Waals surface area contributed by atoms with Gasteiger partial charge in [0.2, 0.25) is 0 Å². The molecule has 1 heterocycles. The number of hydrogen-bond acceptors (Lipinski definition) is 4. The van der Waals surface area contributed by atoms with Crippen molar-refractivity contribution in [3.05, 3.63) is 29.8 Å². The average molecular weight is 360 g/mol. The van der Waals surface area contributed by atoms with Crippen LogP contribution in [0.4, 0.5) is 0 Å². The van der Waals surface area contributed by atoms with Crippen LogP contribution in [-0.2, 0) is 9.53 Å². The third-order valence-corrected chi connectivity index (χ3v) is 4.91. The maximum Gasteiger partial charge on any atom is 0.317 e. The average Bonchev–Trinajstić information content (AvgIpc) is 3.07. The van der Waals surface area contributed by atoms with Crippen LogP contribution in [0, 0.1) is 5.92 Å². The third kappa shape index (κ3) is 4.18. The molecule has 0 saturated heterocycles. The molecule has 1 aliphatic carbocycles. The highest BCUT2D eigenvalue weighted by Crippen LogP contribution is 2.31. The van der Waals surface area contributed by atoms with Crippen LogP contribution in [0.25, 0.3) is 0 Å². The normalized spacial score (nSPS) is 23.8. The molecule has 3 rings (SSSR count). The number of nitrogens with one attached hydrogen (secondary N) is 1. The van der Waals surface area contributed by atoms with Crippen molar-refractivity contribution in [2.24, 2.45) is 10.9 Å². The van der Waals surface area contributed by atoms with E-state index in [-0.39, 0.29) is 12.0 Å². The summed E-state index contributed by atoms with van der Waals surface area (Å²) >= 11 is 5.23.